The molecule has 0 spiro atoms. The van der Waals surface area contributed by atoms with Gasteiger partial charge in [-0.1, -0.05) is 90.5 Å². The van der Waals surface area contributed by atoms with Crippen LogP contribution >= 0.6 is 11.6 Å². The first-order chi connectivity index (χ1) is 21.0. The van der Waals surface area contributed by atoms with Crippen molar-refractivity contribution in [3.05, 3.63) is 130 Å². The lowest BCUT2D eigenvalue weighted by Crippen LogP contribution is -2.54. The van der Waals surface area contributed by atoms with Crippen molar-refractivity contribution >= 4 is 39.1 Å². The molecule has 0 aromatic heterocycles. The quantitative estimate of drug-likeness (QED) is 0.198. The van der Waals surface area contributed by atoms with Crippen LogP contribution in [0.4, 0.5) is 5.69 Å². The number of carbonyl (C=O) groups excluding carboxylic acids is 2. The van der Waals surface area contributed by atoms with Gasteiger partial charge < -0.3 is 10.2 Å². The summed E-state index contributed by atoms with van der Waals surface area (Å²) in [6.45, 7) is 6.92. The first kappa shape index (κ1) is 32.8. The Balaban J connectivity index is 1.84. The van der Waals surface area contributed by atoms with Crippen molar-refractivity contribution in [2.45, 2.75) is 57.6 Å². The summed E-state index contributed by atoms with van der Waals surface area (Å²) in [5.74, 6) is -0.876. The number of amides is 2. The number of benzene rings is 4. The predicted molar refractivity (Wildman–Crippen MR) is 176 cm³/mol. The number of carbonyl (C=O) groups is 2. The normalized spacial score (nSPS) is 12.0. The topological polar surface area (TPSA) is 86.8 Å². The molecule has 9 heteroatoms. The number of rotatable bonds is 12. The standard InChI is InChI=1S/C35H38ClN3O4S/c1-25(2)37-35(41)33(22-28-15-7-5-8-16-28)38(23-29-17-11-12-20-31(29)36)34(40)24-39(32-21-13-14-26(3)27(32)4)44(42,43)30-18-9-6-10-19-30/h5-21,25,33H,22-24H2,1-4H3,(H,37,41)/t33-/m1/s1. The molecule has 0 unspecified atom stereocenters. The van der Waals surface area contributed by atoms with Crippen LogP contribution in [0.2, 0.25) is 5.02 Å². The maximum atomic E-state index is 14.5. The Labute approximate surface area is 265 Å². The van der Waals surface area contributed by atoms with E-state index in [1.54, 1.807) is 48.5 Å². The largest absolute Gasteiger partial charge is 0.352 e. The van der Waals surface area contributed by atoms with E-state index >= 15 is 0 Å². The molecule has 4 aromatic carbocycles. The van der Waals surface area contributed by atoms with Crippen LogP contribution < -0.4 is 9.62 Å². The summed E-state index contributed by atoms with van der Waals surface area (Å²) in [5, 5.41) is 3.40. The van der Waals surface area contributed by atoms with Gasteiger partial charge in [-0.2, -0.15) is 0 Å². The van der Waals surface area contributed by atoms with Crippen LogP contribution in [0.5, 0.6) is 0 Å². The Morgan fingerprint density at radius 1 is 0.818 bits per heavy atom. The second kappa shape index (κ2) is 14.6. The molecule has 0 radical (unpaired) electrons. The van der Waals surface area contributed by atoms with Gasteiger partial charge in [-0.3, -0.25) is 13.9 Å². The van der Waals surface area contributed by atoms with Crippen molar-refractivity contribution in [1.82, 2.24) is 10.2 Å². The Hall–Kier alpha value is -4.14. The molecule has 0 bridgehead atoms. The van der Waals surface area contributed by atoms with Crippen molar-refractivity contribution < 1.29 is 18.0 Å². The second-order valence-electron chi connectivity index (χ2n) is 11.0. The van der Waals surface area contributed by atoms with Gasteiger partial charge in [0.25, 0.3) is 10.0 Å². The summed E-state index contributed by atoms with van der Waals surface area (Å²) in [6.07, 6.45) is 0.227. The first-order valence-electron chi connectivity index (χ1n) is 14.5. The van der Waals surface area contributed by atoms with Crippen LogP contribution in [0.1, 0.15) is 36.1 Å². The zero-order chi connectivity index (χ0) is 31.9. The molecule has 0 heterocycles. The lowest BCUT2D eigenvalue weighted by atomic mass is 10.0. The summed E-state index contributed by atoms with van der Waals surface area (Å²) in [6, 6.07) is 28.8. The number of hydrogen-bond donors (Lipinski definition) is 1. The lowest BCUT2D eigenvalue weighted by Gasteiger charge is -2.34. The molecule has 7 nitrogen and oxygen atoms in total. The highest BCUT2D eigenvalue weighted by molar-refractivity contribution is 7.92. The van der Waals surface area contributed by atoms with Crippen molar-refractivity contribution in [3.8, 4) is 0 Å². The summed E-state index contributed by atoms with van der Waals surface area (Å²) in [7, 11) is -4.17. The maximum Gasteiger partial charge on any atom is 0.264 e. The fourth-order valence-corrected chi connectivity index (χ4v) is 6.67. The maximum absolute atomic E-state index is 14.5. The molecule has 2 amide bonds. The van der Waals surface area contributed by atoms with Gasteiger partial charge in [-0.15, -0.1) is 0 Å². The molecule has 44 heavy (non-hydrogen) atoms. The SMILES string of the molecule is Cc1cccc(N(CC(=O)N(Cc2ccccc2Cl)[C@H](Cc2ccccc2)C(=O)NC(C)C)S(=O)(=O)c2ccccc2)c1C. The number of anilines is 1. The molecule has 0 saturated heterocycles. The third-order valence-corrected chi connectivity index (χ3v) is 9.60. The van der Waals surface area contributed by atoms with Crippen molar-refractivity contribution in [1.29, 1.82) is 0 Å². The van der Waals surface area contributed by atoms with E-state index in [0.717, 1.165) is 21.0 Å². The van der Waals surface area contributed by atoms with Crippen LogP contribution in [0.25, 0.3) is 0 Å². The Morgan fingerprint density at radius 3 is 2.07 bits per heavy atom. The number of hydrogen-bond acceptors (Lipinski definition) is 4. The van der Waals surface area contributed by atoms with Crippen LogP contribution in [0.3, 0.4) is 0 Å². The monoisotopic (exact) mass is 631 g/mol. The van der Waals surface area contributed by atoms with E-state index < -0.39 is 28.5 Å². The zero-order valence-electron chi connectivity index (χ0n) is 25.4. The highest BCUT2D eigenvalue weighted by atomic mass is 35.5. The molecule has 230 valence electrons. The third-order valence-electron chi connectivity index (χ3n) is 7.46. The molecule has 0 saturated carbocycles. The van der Waals surface area contributed by atoms with Crippen LogP contribution in [-0.4, -0.2) is 43.8 Å². The first-order valence-corrected chi connectivity index (χ1v) is 16.3. The Kier molecular flexibility index (Phi) is 10.8. The number of halogens is 1. The third kappa shape index (κ3) is 7.87. The van der Waals surface area contributed by atoms with E-state index in [2.05, 4.69) is 5.32 Å². The summed E-state index contributed by atoms with van der Waals surface area (Å²) in [4.78, 5) is 29.8. The fourth-order valence-electron chi connectivity index (χ4n) is 4.98. The van der Waals surface area contributed by atoms with Crippen LogP contribution in [0, 0.1) is 13.8 Å². The van der Waals surface area contributed by atoms with Crippen LogP contribution in [-0.2, 0) is 32.6 Å². The lowest BCUT2D eigenvalue weighted by molar-refractivity contribution is -0.140. The second-order valence-corrected chi connectivity index (χ2v) is 13.3. The summed E-state index contributed by atoms with van der Waals surface area (Å²) >= 11 is 6.55. The van der Waals surface area contributed by atoms with Gasteiger partial charge in [0.2, 0.25) is 11.8 Å². The molecule has 0 aliphatic rings. The zero-order valence-corrected chi connectivity index (χ0v) is 27.0. The molecular formula is C35H38ClN3O4S. The summed E-state index contributed by atoms with van der Waals surface area (Å²) in [5.41, 5.74) is 3.51. The van der Waals surface area contributed by atoms with Gasteiger partial charge in [0, 0.05) is 24.0 Å². The van der Waals surface area contributed by atoms with Gasteiger partial charge >= 0.3 is 0 Å². The van der Waals surface area contributed by atoms with Gasteiger partial charge in [-0.25, -0.2) is 8.42 Å². The molecule has 0 fully saturated rings. The average molecular weight is 632 g/mol. The molecule has 1 N–H and O–H groups in total. The van der Waals surface area contributed by atoms with Crippen molar-refractivity contribution in [3.63, 3.8) is 0 Å². The summed E-state index contributed by atoms with van der Waals surface area (Å²) < 4.78 is 29.5. The molecule has 4 rings (SSSR count). The molecule has 4 aromatic rings. The minimum absolute atomic E-state index is 0.00749. The fraction of sp³-hybridized carbons (Fsp3) is 0.257. The van der Waals surface area contributed by atoms with Crippen molar-refractivity contribution in [2.75, 3.05) is 10.8 Å². The Bertz CT molecular complexity index is 1700. The highest BCUT2D eigenvalue weighted by Crippen LogP contribution is 2.29. The minimum atomic E-state index is -4.17. The van der Waals surface area contributed by atoms with Crippen molar-refractivity contribution in [2.24, 2.45) is 0 Å². The number of nitrogens with zero attached hydrogens (tertiary/aromatic N) is 2. The van der Waals surface area contributed by atoms with E-state index in [1.807, 2.05) is 70.2 Å². The van der Waals surface area contributed by atoms with Gasteiger partial charge in [0.05, 0.1) is 10.6 Å². The van der Waals surface area contributed by atoms with E-state index in [1.165, 1.54) is 17.0 Å². The minimum Gasteiger partial charge on any atom is -0.352 e. The molecule has 0 aliphatic heterocycles. The van der Waals surface area contributed by atoms with E-state index in [-0.39, 0.29) is 29.8 Å². The predicted octanol–water partition coefficient (Wildman–Crippen LogP) is 6.32. The van der Waals surface area contributed by atoms with Crippen LogP contribution in [0.15, 0.2) is 108 Å². The van der Waals surface area contributed by atoms with E-state index in [0.29, 0.717) is 16.3 Å². The van der Waals surface area contributed by atoms with E-state index in [4.69, 9.17) is 11.6 Å². The molecule has 1 atom stereocenters. The number of aryl methyl sites for hydroxylation is 1. The van der Waals surface area contributed by atoms with E-state index in [9.17, 15) is 18.0 Å². The Morgan fingerprint density at radius 2 is 1.43 bits per heavy atom. The highest BCUT2D eigenvalue weighted by Gasteiger charge is 2.35. The van der Waals surface area contributed by atoms with Gasteiger partial charge in [0.15, 0.2) is 0 Å². The molecule has 0 aliphatic carbocycles. The number of nitrogens with one attached hydrogen (secondary N) is 1. The van der Waals surface area contributed by atoms with Gasteiger partial charge in [0.1, 0.15) is 12.6 Å². The smallest absolute Gasteiger partial charge is 0.264 e. The average Bonchev–Trinajstić information content (AvgIpc) is 3.00. The molecular weight excluding hydrogens is 594 g/mol. The number of sulfonamides is 1. The van der Waals surface area contributed by atoms with Gasteiger partial charge in [-0.05, 0) is 74.2 Å².